The summed E-state index contributed by atoms with van der Waals surface area (Å²) in [6.45, 7) is -0.553. The van der Waals surface area contributed by atoms with Gasteiger partial charge in [-0.15, -0.1) is 0 Å². The molecule has 0 fully saturated rings. The van der Waals surface area contributed by atoms with Gasteiger partial charge in [0, 0.05) is 15.8 Å². The number of ether oxygens (including phenoxy) is 1. The zero-order valence-corrected chi connectivity index (χ0v) is 23.8. The Kier molecular flexibility index (Phi) is 8.58. The maximum Gasteiger partial charge on any atom is 0.264 e. The van der Waals surface area contributed by atoms with Crippen LogP contribution in [0.5, 0.6) is 5.75 Å². The number of benzene rings is 4. The van der Waals surface area contributed by atoms with Gasteiger partial charge in [-0.05, 0) is 72.8 Å². The van der Waals surface area contributed by atoms with Crippen molar-refractivity contribution in [3.63, 3.8) is 0 Å². The van der Waals surface area contributed by atoms with E-state index in [4.69, 9.17) is 4.74 Å². The number of hydrogen-bond donors (Lipinski definition) is 2. The average molecular weight is 631 g/mol. The number of amides is 1. The summed E-state index contributed by atoms with van der Waals surface area (Å²) < 4.78 is 62.1. The van der Waals surface area contributed by atoms with E-state index >= 15 is 0 Å². The van der Waals surface area contributed by atoms with Crippen LogP contribution in [0, 0.1) is 0 Å². The second kappa shape index (κ2) is 11.9. The number of anilines is 3. The molecule has 4 aromatic carbocycles. The molecule has 0 aromatic heterocycles. The van der Waals surface area contributed by atoms with Crippen molar-refractivity contribution in [1.82, 2.24) is 0 Å². The minimum absolute atomic E-state index is 0.00859. The van der Waals surface area contributed by atoms with Gasteiger partial charge in [-0.1, -0.05) is 46.3 Å². The molecular weight excluding hydrogens is 606 g/mol. The van der Waals surface area contributed by atoms with Crippen LogP contribution in [0.3, 0.4) is 0 Å². The molecule has 0 heterocycles. The highest BCUT2D eigenvalue weighted by atomic mass is 79.9. The summed E-state index contributed by atoms with van der Waals surface area (Å²) in [7, 11) is -6.58. The fourth-order valence-electron chi connectivity index (χ4n) is 3.64. The molecule has 202 valence electrons. The van der Waals surface area contributed by atoms with Gasteiger partial charge in [0.05, 0.1) is 22.6 Å². The molecule has 0 aliphatic carbocycles. The summed E-state index contributed by atoms with van der Waals surface area (Å²) >= 11 is 3.30. The summed E-state index contributed by atoms with van der Waals surface area (Å²) in [5, 5.41) is 2.63. The molecule has 0 aliphatic heterocycles. The maximum atomic E-state index is 13.5. The molecule has 0 radical (unpaired) electrons. The SMILES string of the molecule is COc1ccccc1N(CC(=O)Nc1ccc(S(=O)(=O)Nc2ccc(Br)cc2)cc1)S(=O)(=O)c1ccccc1. The highest BCUT2D eigenvalue weighted by molar-refractivity contribution is 9.10. The number of sulfonamides is 2. The van der Waals surface area contributed by atoms with E-state index in [0.717, 1.165) is 8.78 Å². The Morgan fingerprint density at radius 3 is 2.00 bits per heavy atom. The van der Waals surface area contributed by atoms with Crippen molar-refractivity contribution >= 4 is 58.9 Å². The first kappa shape index (κ1) is 28.1. The molecule has 0 atom stereocenters. The van der Waals surface area contributed by atoms with Gasteiger partial charge in [0.2, 0.25) is 5.91 Å². The Bertz CT molecular complexity index is 1660. The lowest BCUT2D eigenvalue weighted by atomic mass is 10.3. The predicted molar refractivity (Wildman–Crippen MR) is 154 cm³/mol. The minimum Gasteiger partial charge on any atom is -0.495 e. The van der Waals surface area contributed by atoms with Crippen LogP contribution in [0.2, 0.25) is 0 Å². The fourth-order valence-corrected chi connectivity index (χ4v) is 6.41. The molecule has 0 unspecified atom stereocenters. The third kappa shape index (κ3) is 6.77. The Morgan fingerprint density at radius 1 is 0.769 bits per heavy atom. The maximum absolute atomic E-state index is 13.5. The van der Waals surface area contributed by atoms with Crippen molar-refractivity contribution in [2.45, 2.75) is 9.79 Å². The van der Waals surface area contributed by atoms with Crippen LogP contribution in [0.25, 0.3) is 0 Å². The smallest absolute Gasteiger partial charge is 0.264 e. The number of carbonyl (C=O) groups is 1. The lowest BCUT2D eigenvalue weighted by Gasteiger charge is -2.25. The standard InChI is InChI=1S/C27H24BrN3O6S2/c1-37-26-10-6-5-9-25(26)31(39(35,36)24-7-3-2-4-8-24)19-27(32)29-21-15-17-23(18-16-21)38(33,34)30-22-13-11-20(28)12-14-22/h2-18,30H,19H2,1H3,(H,29,32). The molecule has 1 amide bonds. The average Bonchev–Trinajstić information content (AvgIpc) is 2.93. The number of carbonyl (C=O) groups excluding carboxylic acids is 1. The van der Waals surface area contributed by atoms with Crippen LogP contribution >= 0.6 is 15.9 Å². The topological polar surface area (TPSA) is 122 Å². The largest absolute Gasteiger partial charge is 0.495 e. The quantitative estimate of drug-likeness (QED) is 0.252. The van der Waals surface area contributed by atoms with Gasteiger partial charge in [-0.2, -0.15) is 0 Å². The number of rotatable bonds is 10. The van der Waals surface area contributed by atoms with E-state index in [2.05, 4.69) is 26.0 Å². The molecule has 4 aromatic rings. The lowest BCUT2D eigenvalue weighted by molar-refractivity contribution is -0.114. The summed E-state index contributed by atoms with van der Waals surface area (Å²) in [4.78, 5) is 13.0. The summed E-state index contributed by atoms with van der Waals surface area (Å²) in [6, 6.07) is 26.4. The van der Waals surface area contributed by atoms with Gasteiger partial charge in [0.15, 0.2) is 0 Å². The summed E-state index contributed by atoms with van der Waals surface area (Å²) in [5.41, 5.74) is 0.880. The van der Waals surface area contributed by atoms with Gasteiger partial charge in [-0.25, -0.2) is 16.8 Å². The van der Waals surface area contributed by atoms with Crippen LogP contribution in [0.1, 0.15) is 0 Å². The Labute approximate surface area is 235 Å². The Morgan fingerprint density at radius 2 is 1.36 bits per heavy atom. The van der Waals surface area contributed by atoms with E-state index in [1.54, 1.807) is 66.7 Å². The second-order valence-corrected chi connectivity index (χ2v) is 12.6. The molecule has 0 spiro atoms. The number of methoxy groups -OCH3 is 1. The van der Waals surface area contributed by atoms with Crippen molar-refractivity contribution in [3.8, 4) is 5.75 Å². The molecule has 12 heteroatoms. The van der Waals surface area contributed by atoms with Crippen LogP contribution in [-0.4, -0.2) is 36.4 Å². The monoisotopic (exact) mass is 629 g/mol. The number of para-hydroxylation sites is 2. The zero-order valence-electron chi connectivity index (χ0n) is 20.6. The first-order valence-electron chi connectivity index (χ1n) is 11.5. The van der Waals surface area contributed by atoms with E-state index in [-0.39, 0.29) is 21.2 Å². The van der Waals surface area contributed by atoms with Gasteiger partial charge in [0.1, 0.15) is 12.3 Å². The van der Waals surface area contributed by atoms with Crippen molar-refractivity contribution in [1.29, 1.82) is 0 Å². The first-order valence-corrected chi connectivity index (χ1v) is 15.2. The van der Waals surface area contributed by atoms with E-state index in [1.165, 1.54) is 43.5 Å². The van der Waals surface area contributed by atoms with Crippen molar-refractivity contribution in [3.05, 3.63) is 108 Å². The summed E-state index contributed by atoms with van der Waals surface area (Å²) in [6.07, 6.45) is 0. The highest BCUT2D eigenvalue weighted by Gasteiger charge is 2.29. The second-order valence-electron chi connectivity index (χ2n) is 8.18. The van der Waals surface area contributed by atoms with E-state index in [1.807, 2.05) is 0 Å². The van der Waals surface area contributed by atoms with Crippen LogP contribution in [0.4, 0.5) is 17.1 Å². The van der Waals surface area contributed by atoms with Gasteiger partial charge < -0.3 is 10.1 Å². The number of nitrogens with zero attached hydrogens (tertiary/aromatic N) is 1. The first-order chi connectivity index (χ1) is 18.6. The third-order valence-corrected chi connectivity index (χ3v) is 9.22. The van der Waals surface area contributed by atoms with Crippen LogP contribution in [-0.2, 0) is 24.8 Å². The summed E-state index contributed by atoms with van der Waals surface area (Å²) in [5.74, 6) is -0.360. The van der Waals surface area contributed by atoms with Gasteiger partial charge >= 0.3 is 0 Å². The van der Waals surface area contributed by atoms with E-state index in [0.29, 0.717) is 11.4 Å². The third-order valence-electron chi connectivity index (χ3n) is 5.52. The van der Waals surface area contributed by atoms with Crippen molar-refractivity contribution in [2.24, 2.45) is 0 Å². The Balaban J connectivity index is 1.54. The number of nitrogens with one attached hydrogen (secondary N) is 2. The van der Waals surface area contributed by atoms with Gasteiger partial charge in [-0.3, -0.25) is 13.8 Å². The Hall–Kier alpha value is -3.87. The minimum atomic E-state index is -4.13. The molecule has 2 N–H and O–H groups in total. The number of hydrogen-bond acceptors (Lipinski definition) is 6. The van der Waals surface area contributed by atoms with Crippen LogP contribution < -0.4 is 19.1 Å². The number of halogens is 1. The van der Waals surface area contributed by atoms with Gasteiger partial charge in [0.25, 0.3) is 20.0 Å². The molecule has 0 saturated heterocycles. The highest BCUT2D eigenvalue weighted by Crippen LogP contribution is 2.32. The lowest BCUT2D eigenvalue weighted by Crippen LogP contribution is -2.38. The molecule has 39 heavy (non-hydrogen) atoms. The van der Waals surface area contributed by atoms with Crippen molar-refractivity contribution in [2.75, 3.05) is 28.0 Å². The van der Waals surface area contributed by atoms with E-state index < -0.39 is 32.5 Å². The molecular formula is C27H24BrN3O6S2. The molecule has 0 saturated carbocycles. The van der Waals surface area contributed by atoms with E-state index in [9.17, 15) is 21.6 Å². The predicted octanol–water partition coefficient (Wildman–Crippen LogP) is 5.09. The molecule has 0 aliphatic rings. The molecule has 9 nitrogen and oxygen atoms in total. The van der Waals surface area contributed by atoms with Crippen molar-refractivity contribution < 1.29 is 26.4 Å². The molecule has 0 bridgehead atoms. The fraction of sp³-hybridized carbons (Fsp3) is 0.0741. The zero-order chi connectivity index (χ0) is 28.0. The van der Waals surface area contributed by atoms with Crippen LogP contribution in [0.15, 0.2) is 117 Å². The molecule has 4 rings (SSSR count). The normalized spacial score (nSPS) is 11.4.